The Kier molecular flexibility index (Phi) is 7.71. The summed E-state index contributed by atoms with van der Waals surface area (Å²) >= 11 is 9.53. The van der Waals surface area contributed by atoms with Crippen molar-refractivity contribution in [1.82, 2.24) is 19.9 Å². The van der Waals surface area contributed by atoms with E-state index in [1.807, 2.05) is 35.6 Å². The van der Waals surface area contributed by atoms with Crippen LogP contribution in [0.1, 0.15) is 46.6 Å². The highest BCUT2D eigenvalue weighted by molar-refractivity contribution is 7.19. The molecule has 0 unspecified atom stereocenters. The average Bonchev–Trinajstić information content (AvgIpc) is 3.59. The highest BCUT2D eigenvalue weighted by Gasteiger charge is 2.21. The number of thiophene rings is 2. The van der Waals surface area contributed by atoms with Gasteiger partial charge in [-0.3, -0.25) is 0 Å². The van der Waals surface area contributed by atoms with E-state index in [9.17, 15) is 4.39 Å². The molecule has 2 aliphatic rings. The number of hydrogen-bond donors (Lipinski definition) is 2. The second kappa shape index (κ2) is 11.9. The molecular weight excluding hydrogens is 587 g/mol. The Hall–Kier alpha value is -3.66. The molecule has 0 radical (unpaired) electrons. The van der Waals surface area contributed by atoms with Crippen LogP contribution in [-0.4, -0.2) is 19.9 Å². The first-order valence-corrected chi connectivity index (χ1v) is 16.2. The van der Waals surface area contributed by atoms with Crippen LogP contribution in [0.4, 0.5) is 27.4 Å². The van der Waals surface area contributed by atoms with Gasteiger partial charge >= 0.3 is 0 Å². The third-order valence-electron chi connectivity index (χ3n) is 7.72. The first kappa shape index (κ1) is 27.2. The molecule has 2 aromatic carbocycles. The van der Waals surface area contributed by atoms with E-state index in [4.69, 9.17) is 11.6 Å². The number of nitrogens with zero attached hydrogens (tertiary/aromatic N) is 4. The number of aryl methyl sites for hydroxylation is 4. The molecule has 6 aromatic rings. The largest absolute Gasteiger partial charge is 0.340 e. The molecule has 0 fully saturated rings. The summed E-state index contributed by atoms with van der Waals surface area (Å²) in [5.74, 6) is 1.49. The molecule has 6 nitrogen and oxygen atoms in total. The minimum absolute atomic E-state index is 0.235. The van der Waals surface area contributed by atoms with Crippen LogP contribution in [0.5, 0.6) is 0 Å². The van der Waals surface area contributed by atoms with Gasteiger partial charge in [-0.05, 0) is 111 Å². The fourth-order valence-corrected chi connectivity index (χ4v) is 8.29. The van der Waals surface area contributed by atoms with Gasteiger partial charge in [0.25, 0.3) is 0 Å². The van der Waals surface area contributed by atoms with E-state index in [1.54, 1.807) is 36.1 Å². The lowest BCUT2D eigenvalue weighted by atomic mass is 9.97. The molecule has 4 heterocycles. The first-order valence-electron chi connectivity index (χ1n) is 14.2. The van der Waals surface area contributed by atoms with Gasteiger partial charge in [-0.1, -0.05) is 11.6 Å². The molecular formula is C32H28ClFN6S2. The molecule has 0 amide bonds. The van der Waals surface area contributed by atoms with Crippen molar-refractivity contribution < 1.29 is 4.39 Å². The van der Waals surface area contributed by atoms with E-state index in [0.717, 1.165) is 62.3 Å². The lowest BCUT2D eigenvalue weighted by Gasteiger charge is -2.12. The Morgan fingerprint density at radius 3 is 1.55 bits per heavy atom. The van der Waals surface area contributed by atoms with Crippen molar-refractivity contribution in [3.8, 4) is 0 Å². The SMILES string of the molecule is Clc1ccc(Nc2ncnc3sc4c(c23)CCCC4)cc1.Fc1ccc(Nc2ncnc3sc4c(c23)CCCC4)cc1. The second-order valence-corrected chi connectivity index (χ2v) is 13.1. The molecule has 0 atom stereocenters. The van der Waals surface area contributed by atoms with E-state index in [-0.39, 0.29) is 5.82 Å². The minimum Gasteiger partial charge on any atom is -0.340 e. The van der Waals surface area contributed by atoms with Crippen molar-refractivity contribution >= 4 is 77.7 Å². The fourth-order valence-electron chi connectivity index (χ4n) is 5.71. The van der Waals surface area contributed by atoms with Gasteiger partial charge < -0.3 is 10.6 Å². The molecule has 42 heavy (non-hydrogen) atoms. The molecule has 0 saturated carbocycles. The van der Waals surface area contributed by atoms with E-state index >= 15 is 0 Å². The van der Waals surface area contributed by atoms with Gasteiger partial charge in [0, 0.05) is 26.2 Å². The number of rotatable bonds is 4. The Labute approximate surface area is 256 Å². The average molecular weight is 615 g/mol. The summed E-state index contributed by atoms with van der Waals surface area (Å²) in [4.78, 5) is 22.8. The van der Waals surface area contributed by atoms with Crippen LogP contribution in [0.3, 0.4) is 0 Å². The van der Waals surface area contributed by atoms with Gasteiger partial charge in [-0.15, -0.1) is 22.7 Å². The van der Waals surface area contributed by atoms with Gasteiger partial charge in [0.1, 0.15) is 39.8 Å². The summed E-state index contributed by atoms with van der Waals surface area (Å²) in [5, 5.41) is 9.79. The quantitative estimate of drug-likeness (QED) is 0.206. The summed E-state index contributed by atoms with van der Waals surface area (Å²) in [7, 11) is 0. The van der Waals surface area contributed by atoms with Crippen LogP contribution in [0.25, 0.3) is 20.4 Å². The fraction of sp³-hybridized carbons (Fsp3) is 0.250. The number of fused-ring (bicyclic) bond motifs is 6. The molecule has 0 saturated heterocycles. The second-order valence-electron chi connectivity index (χ2n) is 10.5. The zero-order valence-electron chi connectivity index (χ0n) is 22.8. The number of anilines is 4. The summed E-state index contributed by atoms with van der Waals surface area (Å²) in [6.07, 6.45) is 12.8. The smallest absolute Gasteiger partial charge is 0.142 e. The third kappa shape index (κ3) is 5.56. The summed E-state index contributed by atoms with van der Waals surface area (Å²) in [6, 6.07) is 14.0. The molecule has 2 N–H and O–H groups in total. The van der Waals surface area contributed by atoms with Gasteiger partial charge in [-0.2, -0.15) is 0 Å². The molecule has 10 heteroatoms. The monoisotopic (exact) mass is 614 g/mol. The standard InChI is InChI=1S/C16H14ClN3S.C16H14FN3S/c2*17-10-5-7-11(8-6-10)20-15-14-12-3-1-2-4-13(12)21-16(14)19-9-18-15/h2*5-9H,1-4H2,(H,18,19,20). The van der Waals surface area contributed by atoms with Crippen molar-refractivity contribution in [2.24, 2.45) is 0 Å². The van der Waals surface area contributed by atoms with Crippen LogP contribution >= 0.6 is 34.3 Å². The van der Waals surface area contributed by atoms with Crippen LogP contribution < -0.4 is 10.6 Å². The van der Waals surface area contributed by atoms with E-state index in [1.165, 1.54) is 70.5 Å². The van der Waals surface area contributed by atoms with E-state index in [2.05, 4.69) is 30.6 Å². The molecule has 2 aliphatic carbocycles. The van der Waals surface area contributed by atoms with Crippen molar-refractivity contribution in [1.29, 1.82) is 0 Å². The van der Waals surface area contributed by atoms with Crippen molar-refractivity contribution in [3.05, 3.63) is 92.9 Å². The van der Waals surface area contributed by atoms with Crippen LogP contribution in [0, 0.1) is 5.82 Å². The molecule has 0 spiro atoms. The van der Waals surface area contributed by atoms with E-state index < -0.39 is 0 Å². The van der Waals surface area contributed by atoms with Crippen LogP contribution in [-0.2, 0) is 25.7 Å². The zero-order valence-corrected chi connectivity index (χ0v) is 25.2. The van der Waals surface area contributed by atoms with Crippen molar-refractivity contribution in [2.45, 2.75) is 51.4 Å². The lowest BCUT2D eigenvalue weighted by Crippen LogP contribution is -2.01. The third-order valence-corrected chi connectivity index (χ3v) is 10.4. The van der Waals surface area contributed by atoms with Gasteiger partial charge in [-0.25, -0.2) is 24.3 Å². The summed E-state index contributed by atoms with van der Waals surface area (Å²) in [5.41, 5.74) is 4.67. The Balaban J connectivity index is 0.000000137. The maximum atomic E-state index is 13.0. The molecule has 0 bridgehead atoms. The maximum absolute atomic E-state index is 13.0. The predicted molar refractivity (Wildman–Crippen MR) is 173 cm³/mol. The molecule has 4 aromatic heterocycles. The number of benzene rings is 2. The summed E-state index contributed by atoms with van der Waals surface area (Å²) in [6.45, 7) is 0. The van der Waals surface area contributed by atoms with Gasteiger partial charge in [0.2, 0.25) is 0 Å². The predicted octanol–water partition coefficient (Wildman–Crippen LogP) is 9.42. The topological polar surface area (TPSA) is 75.6 Å². The van der Waals surface area contributed by atoms with E-state index in [0.29, 0.717) is 0 Å². The Bertz CT molecular complexity index is 1730. The Morgan fingerprint density at radius 2 is 1.05 bits per heavy atom. The maximum Gasteiger partial charge on any atom is 0.142 e. The van der Waals surface area contributed by atoms with Crippen LogP contribution in [0.15, 0.2) is 61.2 Å². The highest BCUT2D eigenvalue weighted by atomic mass is 35.5. The van der Waals surface area contributed by atoms with Gasteiger partial charge in [0.05, 0.1) is 10.8 Å². The van der Waals surface area contributed by atoms with Gasteiger partial charge in [0.15, 0.2) is 0 Å². The molecule has 8 rings (SSSR count). The lowest BCUT2D eigenvalue weighted by molar-refractivity contribution is 0.628. The minimum atomic E-state index is -0.235. The first-order chi connectivity index (χ1) is 20.6. The zero-order chi connectivity index (χ0) is 28.5. The van der Waals surface area contributed by atoms with Crippen molar-refractivity contribution in [2.75, 3.05) is 10.6 Å². The number of halogens is 2. The normalized spacial score (nSPS) is 14.1. The number of hydrogen-bond acceptors (Lipinski definition) is 8. The van der Waals surface area contributed by atoms with Crippen molar-refractivity contribution in [3.63, 3.8) is 0 Å². The Morgan fingerprint density at radius 1 is 0.595 bits per heavy atom. The summed E-state index contributed by atoms with van der Waals surface area (Å²) < 4.78 is 13.0. The highest BCUT2D eigenvalue weighted by Crippen LogP contribution is 2.40. The number of aromatic nitrogens is 4. The number of nitrogens with one attached hydrogen (secondary N) is 2. The van der Waals surface area contributed by atoms with Crippen LogP contribution in [0.2, 0.25) is 5.02 Å². The molecule has 0 aliphatic heterocycles. The molecule has 212 valence electrons.